The number of hydrogen-bond donors (Lipinski definition) is 1. The second-order valence-electron chi connectivity index (χ2n) is 5.98. The van der Waals surface area contributed by atoms with E-state index >= 15 is 0 Å². The molecule has 0 unspecified atom stereocenters. The molecular weight excluding hydrogens is 314 g/mol. The van der Waals surface area contributed by atoms with E-state index in [1.54, 1.807) is 21.9 Å². The molecule has 2 amide bonds. The Balaban J connectivity index is 1.69. The van der Waals surface area contributed by atoms with Crippen LogP contribution >= 0.6 is 0 Å². The molecular formula is C16H19N3O5. The first kappa shape index (κ1) is 15.2. The number of nitrogens with two attached hydrogens (primary N) is 1. The van der Waals surface area contributed by atoms with E-state index in [-0.39, 0.29) is 31.2 Å². The van der Waals surface area contributed by atoms with Crippen molar-refractivity contribution < 1.29 is 23.8 Å². The molecule has 0 aromatic heterocycles. The second-order valence-corrected chi connectivity index (χ2v) is 5.98. The van der Waals surface area contributed by atoms with Crippen LogP contribution in [-0.2, 0) is 14.3 Å². The van der Waals surface area contributed by atoms with E-state index in [1.807, 2.05) is 6.07 Å². The number of cyclic esters (lactones) is 1. The molecule has 0 radical (unpaired) electrons. The van der Waals surface area contributed by atoms with Gasteiger partial charge in [-0.15, -0.1) is 0 Å². The minimum atomic E-state index is -0.405. The lowest BCUT2D eigenvalue weighted by Crippen LogP contribution is -2.41. The molecule has 0 bridgehead atoms. The van der Waals surface area contributed by atoms with E-state index in [4.69, 9.17) is 19.9 Å². The van der Waals surface area contributed by atoms with Crippen LogP contribution in [0.5, 0.6) is 5.75 Å². The van der Waals surface area contributed by atoms with E-state index in [0.717, 1.165) is 5.69 Å². The number of nitrogens with zero attached hydrogens (tertiary/aromatic N) is 2. The molecule has 3 aliphatic rings. The molecule has 3 aliphatic heterocycles. The number of ether oxygens (including phenoxy) is 3. The average Bonchev–Trinajstić information content (AvgIpc) is 2.79. The maximum absolute atomic E-state index is 12.2. The van der Waals surface area contributed by atoms with Gasteiger partial charge in [0.05, 0.1) is 24.9 Å². The van der Waals surface area contributed by atoms with Crippen molar-refractivity contribution in [2.24, 2.45) is 5.73 Å². The van der Waals surface area contributed by atoms with E-state index < -0.39 is 6.09 Å². The fourth-order valence-electron chi connectivity index (χ4n) is 3.43. The fourth-order valence-corrected chi connectivity index (χ4v) is 3.43. The van der Waals surface area contributed by atoms with Crippen molar-refractivity contribution in [1.29, 1.82) is 0 Å². The molecule has 2 N–H and O–H groups in total. The Bertz CT molecular complexity index is 680. The zero-order valence-electron chi connectivity index (χ0n) is 13.1. The van der Waals surface area contributed by atoms with Crippen LogP contribution in [0.3, 0.4) is 0 Å². The molecule has 0 saturated carbocycles. The van der Waals surface area contributed by atoms with Crippen molar-refractivity contribution in [3.8, 4) is 5.75 Å². The Morgan fingerprint density at radius 3 is 2.92 bits per heavy atom. The lowest BCUT2D eigenvalue weighted by Gasteiger charge is -2.28. The van der Waals surface area contributed by atoms with Gasteiger partial charge in [0.15, 0.2) is 0 Å². The average molecular weight is 333 g/mol. The van der Waals surface area contributed by atoms with Crippen molar-refractivity contribution in [1.82, 2.24) is 0 Å². The Labute approximate surface area is 139 Å². The largest absolute Gasteiger partial charge is 0.491 e. The SMILES string of the molecule is NC[C@@H]1OC(=O)N2c3ccc(N4CCOCC4=O)cc3OCC[C@@H]12. The van der Waals surface area contributed by atoms with Crippen LogP contribution in [0.4, 0.5) is 16.2 Å². The van der Waals surface area contributed by atoms with Crippen molar-refractivity contribution in [3.63, 3.8) is 0 Å². The highest BCUT2D eigenvalue weighted by atomic mass is 16.6. The highest BCUT2D eigenvalue weighted by molar-refractivity contribution is 5.97. The van der Waals surface area contributed by atoms with Crippen LogP contribution in [0.1, 0.15) is 6.42 Å². The molecule has 8 heteroatoms. The van der Waals surface area contributed by atoms with Crippen LogP contribution in [0, 0.1) is 0 Å². The van der Waals surface area contributed by atoms with Gasteiger partial charge in [-0.3, -0.25) is 9.69 Å². The lowest BCUT2D eigenvalue weighted by molar-refractivity contribution is -0.125. The number of carbonyl (C=O) groups is 2. The molecule has 3 heterocycles. The number of anilines is 2. The van der Waals surface area contributed by atoms with Crippen molar-refractivity contribution in [3.05, 3.63) is 18.2 Å². The number of rotatable bonds is 2. The van der Waals surface area contributed by atoms with Crippen molar-refractivity contribution in [2.45, 2.75) is 18.6 Å². The standard InChI is InChI=1S/C16H19N3O5/c17-8-14-12-3-5-23-13-7-10(18-4-6-22-9-15(18)20)1-2-11(13)19(12)16(21)24-14/h1-2,7,12,14H,3-6,8-9,17H2/t12-,14-/m0/s1. The molecule has 2 fully saturated rings. The van der Waals surface area contributed by atoms with Gasteiger partial charge in [-0.1, -0.05) is 0 Å². The normalized spacial score (nSPS) is 26.4. The summed E-state index contributed by atoms with van der Waals surface area (Å²) in [5, 5.41) is 0. The van der Waals surface area contributed by atoms with Gasteiger partial charge in [0.2, 0.25) is 0 Å². The monoisotopic (exact) mass is 333 g/mol. The van der Waals surface area contributed by atoms with Gasteiger partial charge < -0.3 is 24.8 Å². The summed E-state index contributed by atoms with van der Waals surface area (Å²) in [7, 11) is 0. The fraction of sp³-hybridized carbons (Fsp3) is 0.500. The molecule has 4 rings (SSSR count). The summed E-state index contributed by atoms with van der Waals surface area (Å²) in [6.07, 6.45) is -0.0846. The summed E-state index contributed by atoms with van der Waals surface area (Å²) in [5.74, 6) is 0.486. The first-order valence-electron chi connectivity index (χ1n) is 8.04. The number of benzene rings is 1. The topological polar surface area (TPSA) is 94.3 Å². The Morgan fingerprint density at radius 1 is 1.25 bits per heavy atom. The number of carbonyl (C=O) groups excluding carboxylic acids is 2. The summed E-state index contributed by atoms with van der Waals surface area (Å²) in [5.41, 5.74) is 7.10. The maximum atomic E-state index is 12.2. The summed E-state index contributed by atoms with van der Waals surface area (Å²) < 4.78 is 16.3. The van der Waals surface area contributed by atoms with Gasteiger partial charge in [-0.2, -0.15) is 0 Å². The van der Waals surface area contributed by atoms with Crippen LogP contribution in [-0.4, -0.2) is 57.1 Å². The highest BCUT2D eigenvalue weighted by Crippen LogP contribution is 2.40. The van der Waals surface area contributed by atoms with Gasteiger partial charge in [0, 0.05) is 31.3 Å². The molecule has 2 saturated heterocycles. The lowest BCUT2D eigenvalue weighted by atomic mass is 10.1. The van der Waals surface area contributed by atoms with E-state index in [1.165, 1.54) is 0 Å². The van der Waals surface area contributed by atoms with Gasteiger partial charge in [0.1, 0.15) is 18.5 Å². The summed E-state index contributed by atoms with van der Waals surface area (Å²) in [6, 6.07) is 5.28. The Hall–Kier alpha value is -2.32. The quantitative estimate of drug-likeness (QED) is 0.846. The third-order valence-electron chi connectivity index (χ3n) is 4.61. The number of amides is 2. The number of hydrogen-bond acceptors (Lipinski definition) is 6. The molecule has 1 aromatic rings. The predicted molar refractivity (Wildman–Crippen MR) is 85.3 cm³/mol. The van der Waals surface area contributed by atoms with Crippen LogP contribution in [0.15, 0.2) is 18.2 Å². The van der Waals surface area contributed by atoms with Crippen LogP contribution in [0.25, 0.3) is 0 Å². The van der Waals surface area contributed by atoms with Gasteiger partial charge in [-0.25, -0.2) is 4.79 Å². The van der Waals surface area contributed by atoms with Crippen molar-refractivity contribution in [2.75, 3.05) is 42.7 Å². The number of fused-ring (bicyclic) bond motifs is 3. The summed E-state index contributed by atoms with van der Waals surface area (Å²) in [4.78, 5) is 27.5. The highest BCUT2D eigenvalue weighted by Gasteiger charge is 2.44. The first-order chi connectivity index (χ1) is 11.7. The van der Waals surface area contributed by atoms with Crippen LogP contribution < -0.4 is 20.3 Å². The molecule has 0 spiro atoms. The Kier molecular flexibility index (Phi) is 3.78. The zero-order chi connectivity index (χ0) is 16.7. The zero-order valence-corrected chi connectivity index (χ0v) is 13.1. The molecule has 2 atom stereocenters. The maximum Gasteiger partial charge on any atom is 0.415 e. The van der Waals surface area contributed by atoms with Crippen molar-refractivity contribution >= 4 is 23.4 Å². The van der Waals surface area contributed by atoms with Gasteiger partial charge in [0.25, 0.3) is 5.91 Å². The van der Waals surface area contributed by atoms with Gasteiger partial charge in [-0.05, 0) is 12.1 Å². The smallest absolute Gasteiger partial charge is 0.415 e. The second kappa shape index (κ2) is 5.95. The van der Waals surface area contributed by atoms with Crippen LogP contribution in [0.2, 0.25) is 0 Å². The minimum Gasteiger partial charge on any atom is -0.491 e. The molecule has 128 valence electrons. The van der Waals surface area contributed by atoms with E-state index in [9.17, 15) is 9.59 Å². The van der Waals surface area contributed by atoms with Gasteiger partial charge >= 0.3 is 6.09 Å². The first-order valence-corrected chi connectivity index (χ1v) is 8.04. The number of morpholine rings is 1. The minimum absolute atomic E-state index is 0.0800. The summed E-state index contributed by atoms with van der Waals surface area (Å²) in [6.45, 7) is 1.82. The molecule has 8 nitrogen and oxygen atoms in total. The molecule has 1 aromatic carbocycles. The van der Waals surface area contributed by atoms with E-state index in [2.05, 4.69) is 0 Å². The Morgan fingerprint density at radius 2 is 2.12 bits per heavy atom. The molecule has 0 aliphatic carbocycles. The predicted octanol–water partition coefficient (Wildman–Crippen LogP) is 0.485. The molecule has 24 heavy (non-hydrogen) atoms. The third-order valence-corrected chi connectivity index (χ3v) is 4.61. The third kappa shape index (κ3) is 2.38. The summed E-state index contributed by atoms with van der Waals surface area (Å²) >= 11 is 0. The van der Waals surface area contributed by atoms with E-state index in [0.29, 0.717) is 37.6 Å².